The van der Waals surface area contributed by atoms with Gasteiger partial charge in [0.25, 0.3) is 0 Å². The normalized spacial score (nSPS) is 16.2. The summed E-state index contributed by atoms with van der Waals surface area (Å²) in [5, 5.41) is 10.4. The van der Waals surface area contributed by atoms with E-state index in [2.05, 4.69) is 80.0 Å². The van der Waals surface area contributed by atoms with E-state index in [1.54, 1.807) is 37.6 Å². The largest absolute Gasteiger partial charge is 0.494 e. The maximum Gasteiger partial charge on any atom is 0.229 e. The number of ether oxygens (including phenoxy) is 1. The van der Waals surface area contributed by atoms with E-state index in [0.717, 1.165) is 84.0 Å². The Hall–Kier alpha value is -3.39. The van der Waals surface area contributed by atoms with Crippen molar-refractivity contribution in [1.29, 1.82) is 0 Å². The summed E-state index contributed by atoms with van der Waals surface area (Å²) in [4.78, 5) is 23.7. The molecule has 0 amide bonds. The zero-order valence-electron chi connectivity index (χ0n) is 26.3. The number of methoxy groups -OCH3 is 1. The highest BCUT2D eigenvalue weighted by molar-refractivity contribution is 9.10. The van der Waals surface area contributed by atoms with Crippen molar-refractivity contribution in [2.24, 2.45) is 0 Å². The number of hydrogen-bond donors (Lipinski definition) is 3. The van der Waals surface area contributed by atoms with Crippen molar-refractivity contribution in [3.05, 3.63) is 52.9 Å². The van der Waals surface area contributed by atoms with Crippen molar-refractivity contribution in [1.82, 2.24) is 30.2 Å². The number of hydrogen-bond acceptors (Lipinski definition) is 12. The molecule has 2 aromatic heterocycles. The molecule has 0 saturated carbocycles. The Labute approximate surface area is 277 Å². The molecule has 0 atom stereocenters. The number of piperazine rings is 1. The number of benzene rings is 2. The lowest BCUT2D eigenvalue weighted by Gasteiger charge is -2.41. The standard InChI is InChI=1S/C32H41BrN10OS/c1-5-21-18-26(28(44-3)19-27(21)43-14-8-22(9-15-43)42-16-12-34-13-17-42)39-32-37-20-23(33)31(40-32)38-25-7-6-24-29(36-11-10-35-24)30(25)41(2)45-4/h6-7,10-11,18-20,22,34H,5,8-9,12-17H2,1-4H3,(H2,37,38,39,40). The van der Waals surface area contributed by atoms with Crippen molar-refractivity contribution in [3.63, 3.8) is 0 Å². The Kier molecular flexibility index (Phi) is 10.1. The number of piperidine rings is 1. The number of rotatable bonds is 10. The van der Waals surface area contributed by atoms with E-state index in [1.165, 1.54) is 24.1 Å². The Morgan fingerprint density at radius 2 is 1.82 bits per heavy atom. The van der Waals surface area contributed by atoms with Crippen LogP contribution in [0.2, 0.25) is 0 Å². The molecule has 0 unspecified atom stereocenters. The van der Waals surface area contributed by atoms with Gasteiger partial charge in [-0.3, -0.25) is 14.9 Å². The van der Waals surface area contributed by atoms with Gasteiger partial charge in [0.2, 0.25) is 5.95 Å². The molecular formula is C32H41BrN10OS. The van der Waals surface area contributed by atoms with Crippen LogP contribution < -0.4 is 29.9 Å². The molecular weight excluding hydrogens is 652 g/mol. The van der Waals surface area contributed by atoms with Gasteiger partial charge in [0.15, 0.2) is 0 Å². The van der Waals surface area contributed by atoms with Crippen LogP contribution in [0.4, 0.5) is 34.5 Å². The molecule has 13 heteroatoms. The summed E-state index contributed by atoms with van der Waals surface area (Å²) in [6.07, 6.45) is 10.5. The van der Waals surface area contributed by atoms with Gasteiger partial charge < -0.3 is 29.9 Å². The van der Waals surface area contributed by atoms with Gasteiger partial charge >= 0.3 is 0 Å². The smallest absolute Gasteiger partial charge is 0.229 e. The number of aryl methyl sites for hydroxylation is 1. The molecule has 3 N–H and O–H groups in total. The first-order valence-corrected chi connectivity index (χ1v) is 17.4. The van der Waals surface area contributed by atoms with Crippen LogP contribution in [-0.4, -0.2) is 90.6 Å². The number of halogens is 1. The zero-order chi connectivity index (χ0) is 31.3. The fourth-order valence-electron chi connectivity index (χ4n) is 6.27. The predicted octanol–water partition coefficient (Wildman–Crippen LogP) is 5.83. The fraction of sp³-hybridized carbons (Fsp3) is 0.438. The maximum atomic E-state index is 5.90. The molecule has 45 heavy (non-hydrogen) atoms. The van der Waals surface area contributed by atoms with E-state index in [1.807, 2.05) is 25.4 Å². The molecule has 11 nitrogen and oxygen atoms in total. The third-order valence-corrected chi connectivity index (χ3v) is 10.0. The predicted molar refractivity (Wildman–Crippen MR) is 190 cm³/mol. The molecule has 0 spiro atoms. The van der Waals surface area contributed by atoms with Crippen molar-refractivity contribution in [3.8, 4) is 5.75 Å². The minimum absolute atomic E-state index is 0.464. The molecule has 6 rings (SSSR count). The molecule has 2 fully saturated rings. The van der Waals surface area contributed by atoms with E-state index in [0.29, 0.717) is 17.8 Å². The highest BCUT2D eigenvalue weighted by atomic mass is 79.9. The third-order valence-electron chi connectivity index (χ3n) is 8.70. The van der Waals surface area contributed by atoms with Gasteiger partial charge in [-0.25, -0.2) is 4.98 Å². The second kappa shape index (κ2) is 14.4. The highest BCUT2D eigenvalue weighted by Gasteiger charge is 2.27. The van der Waals surface area contributed by atoms with Gasteiger partial charge in [-0.15, -0.1) is 0 Å². The second-order valence-electron chi connectivity index (χ2n) is 11.2. The minimum atomic E-state index is 0.464. The fourth-order valence-corrected chi connectivity index (χ4v) is 6.93. The van der Waals surface area contributed by atoms with Crippen LogP contribution in [-0.2, 0) is 6.42 Å². The first kappa shape index (κ1) is 31.6. The summed E-state index contributed by atoms with van der Waals surface area (Å²) in [7, 11) is 3.73. The van der Waals surface area contributed by atoms with Crippen LogP contribution >= 0.6 is 27.9 Å². The summed E-state index contributed by atoms with van der Waals surface area (Å²) in [6, 6.07) is 8.99. The number of nitrogens with zero attached hydrogens (tertiary/aromatic N) is 7. The molecule has 0 aliphatic carbocycles. The van der Waals surface area contributed by atoms with Crippen molar-refractivity contribution < 1.29 is 4.74 Å². The molecule has 238 valence electrons. The van der Waals surface area contributed by atoms with Crippen molar-refractivity contribution in [2.75, 3.05) is 79.5 Å². The molecule has 2 aliphatic rings. The summed E-state index contributed by atoms with van der Waals surface area (Å²) in [6.45, 7) is 8.81. The quantitative estimate of drug-likeness (QED) is 0.174. The van der Waals surface area contributed by atoms with Crippen LogP contribution in [0.15, 0.2) is 47.3 Å². The third kappa shape index (κ3) is 6.91. The SMILES string of the molecule is CCc1cc(Nc2ncc(Br)c(Nc3ccc4nccnc4c3N(C)SC)n2)c(OC)cc1N1CCC(N2CCNCC2)CC1. The second-order valence-corrected chi connectivity index (χ2v) is 13.0. The molecule has 4 aromatic rings. The average molecular weight is 694 g/mol. The van der Waals surface area contributed by atoms with Crippen LogP contribution in [0.1, 0.15) is 25.3 Å². The highest BCUT2D eigenvalue weighted by Crippen LogP contribution is 2.39. The lowest BCUT2D eigenvalue weighted by Crippen LogP contribution is -2.52. The Morgan fingerprint density at radius 3 is 2.56 bits per heavy atom. The van der Waals surface area contributed by atoms with Gasteiger partial charge in [-0.05, 0) is 59.0 Å². The van der Waals surface area contributed by atoms with E-state index in [9.17, 15) is 0 Å². The van der Waals surface area contributed by atoms with Crippen molar-refractivity contribution >= 4 is 73.4 Å². The van der Waals surface area contributed by atoms with Gasteiger partial charge in [-0.2, -0.15) is 4.98 Å². The zero-order valence-corrected chi connectivity index (χ0v) is 28.7. The lowest BCUT2D eigenvalue weighted by molar-refractivity contribution is 0.150. The van der Waals surface area contributed by atoms with Gasteiger partial charge in [0.1, 0.15) is 17.1 Å². The monoisotopic (exact) mass is 692 g/mol. The van der Waals surface area contributed by atoms with Gasteiger partial charge in [0, 0.05) is 89.0 Å². The van der Waals surface area contributed by atoms with Crippen molar-refractivity contribution in [2.45, 2.75) is 32.2 Å². The Balaban J connectivity index is 1.23. The summed E-state index contributed by atoms with van der Waals surface area (Å²) >= 11 is 5.24. The van der Waals surface area contributed by atoms with Gasteiger partial charge in [-0.1, -0.05) is 18.9 Å². The molecule has 2 saturated heterocycles. The average Bonchev–Trinajstić information content (AvgIpc) is 3.09. The number of nitrogens with one attached hydrogen (secondary N) is 3. The van der Waals surface area contributed by atoms with Crippen LogP contribution in [0, 0.1) is 0 Å². The van der Waals surface area contributed by atoms with Crippen LogP contribution in [0.25, 0.3) is 11.0 Å². The number of fused-ring (bicyclic) bond motifs is 1. The van der Waals surface area contributed by atoms with E-state index >= 15 is 0 Å². The summed E-state index contributed by atoms with van der Waals surface area (Å²) < 4.78 is 8.72. The summed E-state index contributed by atoms with van der Waals surface area (Å²) in [5.41, 5.74) is 6.79. The van der Waals surface area contributed by atoms with E-state index in [-0.39, 0.29) is 0 Å². The molecule has 4 heterocycles. The molecule has 2 aromatic carbocycles. The topological polar surface area (TPSA) is 107 Å². The van der Waals surface area contributed by atoms with Gasteiger partial charge in [0.05, 0.1) is 34.2 Å². The number of anilines is 6. The van der Waals surface area contributed by atoms with E-state index < -0.39 is 0 Å². The lowest BCUT2D eigenvalue weighted by atomic mass is 9.99. The first-order valence-electron chi connectivity index (χ1n) is 15.5. The molecule has 2 aliphatic heterocycles. The Morgan fingerprint density at radius 1 is 1.04 bits per heavy atom. The maximum absolute atomic E-state index is 5.90. The number of aromatic nitrogens is 4. The minimum Gasteiger partial charge on any atom is -0.494 e. The molecule has 0 bridgehead atoms. The summed E-state index contributed by atoms with van der Waals surface area (Å²) in [5.74, 6) is 1.86. The Bertz CT molecular complexity index is 1630. The van der Waals surface area contributed by atoms with Crippen LogP contribution in [0.3, 0.4) is 0 Å². The molecule has 0 radical (unpaired) electrons. The van der Waals surface area contributed by atoms with Crippen LogP contribution in [0.5, 0.6) is 5.75 Å². The van der Waals surface area contributed by atoms with E-state index in [4.69, 9.17) is 9.72 Å². The first-order chi connectivity index (χ1) is 22.0.